The smallest absolute Gasteiger partial charge is 0.275 e. The van der Waals surface area contributed by atoms with Gasteiger partial charge in [0, 0.05) is 17.6 Å². The Labute approximate surface area is 110 Å². The number of rotatable bonds is 4. The van der Waals surface area contributed by atoms with Gasteiger partial charge in [0.1, 0.15) is 5.69 Å². The molecule has 4 nitrogen and oxygen atoms in total. The van der Waals surface area contributed by atoms with Gasteiger partial charge in [0.15, 0.2) is 0 Å². The van der Waals surface area contributed by atoms with Gasteiger partial charge in [-0.3, -0.25) is 4.79 Å². The Hall–Kier alpha value is -1.72. The molecule has 1 N–H and O–H groups in total. The van der Waals surface area contributed by atoms with Crippen molar-refractivity contribution in [2.24, 2.45) is 0 Å². The van der Waals surface area contributed by atoms with E-state index in [0.29, 0.717) is 5.69 Å². The van der Waals surface area contributed by atoms with Gasteiger partial charge in [0.25, 0.3) is 5.91 Å². The van der Waals surface area contributed by atoms with E-state index in [-0.39, 0.29) is 5.91 Å². The molecular weight excluding hydrogens is 246 g/mol. The minimum Gasteiger partial charge on any atom is -0.320 e. The van der Waals surface area contributed by atoms with E-state index in [1.807, 2.05) is 38.4 Å². The summed E-state index contributed by atoms with van der Waals surface area (Å²) in [6.07, 6.45) is 0. The van der Waals surface area contributed by atoms with Crippen LogP contribution in [0, 0.1) is 0 Å². The Morgan fingerprint density at radius 2 is 2.17 bits per heavy atom. The first-order chi connectivity index (χ1) is 8.66. The second-order valence-corrected chi connectivity index (χ2v) is 4.94. The van der Waals surface area contributed by atoms with Crippen LogP contribution in [0.5, 0.6) is 0 Å². The van der Waals surface area contributed by atoms with Crippen LogP contribution in [0.2, 0.25) is 0 Å². The predicted octanol–water partition coefficient (Wildman–Crippen LogP) is 2.46. The first-order valence-electron chi connectivity index (χ1n) is 5.59. The quantitative estimate of drug-likeness (QED) is 0.919. The molecule has 94 valence electrons. The van der Waals surface area contributed by atoms with Crippen LogP contribution in [-0.2, 0) is 6.54 Å². The molecule has 0 saturated carbocycles. The highest BCUT2D eigenvalue weighted by atomic mass is 32.1. The highest BCUT2D eigenvalue weighted by Gasteiger charge is 2.10. The summed E-state index contributed by atoms with van der Waals surface area (Å²) in [6, 6.07) is 7.80. The first kappa shape index (κ1) is 12.7. The summed E-state index contributed by atoms with van der Waals surface area (Å²) in [7, 11) is 4.00. The fourth-order valence-corrected chi connectivity index (χ4v) is 2.16. The SMILES string of the molecule is CN(C)Cc1ccccc1NC(=O)c1cscn1. The van der Waals surface area contributed by atoms with Gasteiger partial charge in [-0.2, -0.15) is 0 Å². The van der Waals surface area contributed by atoms with E-state index in [9.17, 15) is 4.79 Å². The van der Waals surface area contributed by atoms with Crippen LogP contribution in [0.1, 0.15) is 16.1 Å². The van der Waals surface area contributed by atoms with Crippen molar-refractivity contribution in [3.05, 3.63) is 46.4 Å². The fraction of sp³-hybridized carbons (Fsp3) is 0.231. The second-order valence-electron chi connectivity index (χ2n) is 4.22. The average molecular weight is 261 g/mol. The van der Waals surface area contributed by atoms with Crippen molar-refractivity contribution in [1.82, 2.24) is 9.88 Å². The fourth-order valence-electron chi connectivity index (χ4n) is 1.63. The molecule has 0 unspecified atom stereocenters. The molecule has 2 rings (SSSR count). The minimum atomic E-state index is -0.164. The molecule has 2 aromatic rings. The lowest BCUT2D eigenvalue weighted by Crippen LogP contribution is -2.16. The molecule has 0 saturated heterocycles. The van der Waals surface area contributed by atoms with Gasteiger partial charge in [0.2, 0.25) is 0 Å². The number of aromatic nitrogens is 1. The zero-order valence-electron chi connectivity index (χ0n) is 10.4. The third kappa shape index (κ3) is 3.15. The van der Waals surface area contributed by atoms with Gasteiger partial charge in [-0.1, -0.05) is 18.2 Å². The average Bonchev–Trinajstić information content (AvgIpc) is 2.84. The summed E-state index contributed by atoms with van der Waals surface area (Å²) in [4.78, 5) is 18.0. The number of amides is 1. The van der Waals surface area contributed by atoms with Crippen LogP contribution in [0.15, 0.2) is 35.2 Å². The van der Waals surface area contributed by atoms with Gasteiger partial charge in [-0.15, -0.1) is 11.3 Å². The summed E-state index contributed by atoms with van der Waals surface area (Å²) in [6.45, 7) is 0.785. The monoisotopic (exact) mass is 261 g/mol. The zero-order valence-corrected chi connectivity index (χ0v) is 11.2. The number of para-hydroxylation sites is 1. The molecule has 0 atom stereocenters. The van der Waals surface area contributed by atoms with Crippen molar-refractivity contribution in [3.63, 3.8) is 0 Å². The Bertz CT molecular complexity index is 523. The van der Waals surface area contributed by atoms with E-state index in [1.165, 1.54) is 11.3 Å². The second kappa shape index (κ2) is 5.75. The maximum absolute atomic E-state index is 11.9. The maximum Gasteiger partial charge on any atom is 0.275 e. The molecular formula is C13H15N3OS. The molecule has 1 heterocycles. The lowest BCUT2D eigenvalue weighted by Gasteiger charge is -2.14. The topological polar surface area (TPSA) is 45.2 Å². The molecule has 5 heteroatoms. The lowest BCUT2D eigenvalue weighted by atomic mass is 10.1. The number of hydrogen-bond acceptors (Lipinski definition) is 4. The van der Waals surface area contributed by atoms with Gasteiger partial charge >= 0.3 is 0 Å². The summed E-state index contributed by atoms with van der Waals surface area (Å²) in [5.41, 5.74) is 4.04. The first-order valence-corrected chi connectivity index (χ1v) is 6.53. The molecule has 0 aliphatic carbocycles. The normalized spacial score (nSPS) is 10.6. The van der Waals surface area contributed by atoms with Crippen LogP contribution in [0.4, 0.5) is 5.69 Å². The Kier molecular flexibility index (Phi) is 4.07. The van der Waals surface area contributed by atoms with Crippen LogP contribution < -0.4 is 5.32 Å². The van der Waals surface area contributed by atoms with Gasteiger partial charge in [-0.05, 0) is 25.7 Å². The van der Waals surface area contributed by atoms with Crippen molar-refractivity contribution >= 4 is 22.9 Å². The largest absolute Gasteiger partial charge is 0.320 e. The van der Waals surface area contributed by atoms with Gasteiger partial charge in [0.05, 0.1) is 5.51 Å². The van der Waals surface area contributed by atoms with E-state index in [2.05, 4.69) is 15.2 Å². The molecule has 0 fully saturated rings. The highest BCUT2D eigenvalue weighted by molar-refractivity contribution is 7.07. The molecule has 0 aliphatic rings. The van der Waals surface area contributed by atoms with Crippen LogP contribution >= 0.6 is 11.3 Å². The van der Waals surface area contributed by atoms with Crippen LogP contribution in [0.25, 0.3) is 0 Å². The minimum absolute atomic E-state index is 0.164. The molecule has 1 aromatic heterocycles. The van der Waals surface area contributed by atoms with E-state index < -0.39 is 0 Å². The molecule has 0 bridgehead atoms. The zero-order chi connectivity index (χ0) is 13.0. The van der Waals surface area contributed by atoms with E-state index in [0.717, 1.165) is 17.8 Å². The molecule has 1 amide bonds. The van der Waals surface area contributed by atoms with Crippen molar-refractivity contribution in [2.45, 2.75) is 6.54 Å². The van der Waals surface area contributed by atoms with Crippen LogP contribution in [-0.4, -0.2) is 29.9 Å². The van der Waals surface area contributed by atoms with Crippen molar-refractivity contribution in [1.29, 1.82) is 0 Å². The molecule has 0 spiro atoms. The third-order valence-electron chi connectivity index (χ3n) is 2.42. The molecule has 1 aromatic carbocycles. The number of anilines is 1. The third-order valence-corrected chi connectivity index (χ3v) is 3.00. The standard InChI is InChI=1S/C13H15N3OS/c1-16(2)7-10-5-3-4-6-11(10)15-13(17)12-8-18-9-14-12/h3-6,8-9H,7H2,1-2H3,(H,15,17). The summed E-state index contributed by atoms with van der Waals surface area (Å²) in [5.74, 6) is -0.164. The summed E-state index contributed by atoms with van der Waals surface area (Å²) in [5, 5.41) is 4.64. The van der Waals surface area contributed by atoms with E-state index in [1.54, 1.807) is 10.9 Å². The number of nitrogens with one attached hydrogen (secondary N) is 1. The number of hydrogen-bond donors (Lipinski definition) is 1. The van der Waals surface area contributed by atoms with Gasteiger partial charge in [-0.25, -0.2) is 4.98 Å². The Morgan fingerprint density at radius 1 is 1.39 bits per heavy atom. The number of carbonyl (C=O) groups is 1. The van der Waals surface area contributed by atoms with Gasteiger partial charge < -0.3 is 10.2 Å². The van der Waals surface area contributed by atoms with Crippen molar-refractivity contribution in [3.8, 4) is 0 Å². The molecule has 18 heavy (non-hydrogen) atoms. The van der Waals surface area contributed by atoms with Crippen molar-refractivity contribution < 1.29 is 4.79 Å². The summed E-state index contributed by atoms with van der Waals surface area (Å²) >= 11 is 1.41. The number of carbonyl (C=O) groups excluding carboxylic acids is 1. The lowest BCUT2D eigenvalue weighted by molar-refractivity contribution is 0.102. The van der Waals surface area contributed by atoms with Crippen LogP contribution in [0.3, 0.4) is 0 Å². The molecule has 0 aliphatic heterocycles. The highest BCUT2D eigenvalue weighted by Crippen LogP contribution is 2.17. The Balaban J connectivity index is 2.16. The Morgan fingerprint density at radius 3 is 2.83 bits per heavy atom. The number of nitrogens with zero attached hydrogens (tertiary/aromatic N) is 2. The van der Waals surface area contributed by atoms with Crippen molar-refractivity contribution in [2.75, 3.05) is 19.4 Å². The maximum atomic E-state index is 11.9. The van der Waals surface area contributed by atoms with E-state index >= 15 is 0 Å². The molecule has 0 radical (unpaired) electrons. The number of benzene rings is 1. The van der Waals surface area contributed by atoms with E-state index in [4.69, 9.17) is 0 Å². The predicted molar refractivity (Wildman–Crippen MR) is 73.9 cm³/mol. The number of thiazole rings is 1. The summed E-state index contributed by atoms with van der Waals surface area (Å²) < 4.78 is 0.